The van der Waals surface area contributed by atoms with E-state index in [-0.39, 0.29) is 12.5 Å². The Morgan fingerprint density at radius 1 is 0.457 bits per heavy atom. The fraction of sp³-hybridized carbons (Fsp3) is 0.806. The largest absolute Gasteiger partial charge is 0.394 e. The minimum atomic E-state index is -1.78. The van der Waals surface area contributed by atoms with Crippen LogP contribution in [0.25, 0.3) is 0 Å². The van der Waals surface area contributed by atoms with Crippen LogP contribution in [0.5, 0.6) is 0 Å². The van der Waals surface area contributed by atoms with Crippen LogP contribution in [0.1, 0.15) is 251 Å². The fourth-order valence-electron chi connectivity index (χ4n) is 10.5. The second-order valence-corrected chi connectivity index (χ2v) is 22.9. The maximum atomic E-state index is 13.2. The highest BCUT2D eigenvalue weighted by Gasteiger charge is 2.51. The lowest BCUT2D eigenvalue weighted by molar-refractivity contribution is -0.359. The standard InChI is InChI=1S/C67H119NO13/c1-3-5-7-9-11-13-14-15-16-17-18-19-20-21-22-23-24-25-26-27-28-29-30-31-32-33-34-35-36-37-38-39-40-41-42-43-45-47-49-51-59(72)68-55(56(71)50-48-46-44-12-10-8-6-4-2)54-78-66-64(77)62(75)65(58(53-70)80-66)81-67-63(76)61(74)60(73)57(52-69)79-67/h5,7,11,13,15-16,18-19,21-22,24-25,55-58,60-67,69-71,73-77H,3-4,6,8-10,12,14,17,20,23,26-54H2,1-2H3,(H,68,72)/b7-5-,13-11-,16-15-,19-18-,22-21-,25-24-. The Balaban J connectivity index is 1.52. The molecule has 81 heavy (non-hydrogen) atoms. The van der Waals surface area contributed by atoms with E-state index in [1.54, 1.807) is 0 Å². The number of carbonyl (C=O) groups excluding carboxylic acids is 1. The Kier molecular flexibility index (Phi) is 47.7. The first kappa shape index (κ1) is 74.5. The Hall–Kier alpha value is -2.57. The van der Waals surface area contributed by atoms with Gasteiger partial charge in [-0.1, -0.05) is 254 Å². The summed E-state index contributed by atoms with van der Waals surface area (Å²) in [5, 5.41) is 87.0. The minimum absolute atomic E-state index is 0.209. The van der Waals surface area contributed by atoms with Crippen molar-refractivity contribution in [3.05, 3.63) is 72.9 Å². The molecule has 0 aromatic rings. The first-order chi connectivity index (χ1) is 39.6. The smallest absolute Gasteiger partial charge is 0.220 e. The Morgan fingerprint density at radius 2 is 0.852 bits per heavy atom. The summed E-state index contributed by atoms with van der Waals surface area (Å²) in [6.45, 7) is 2.71. The van der Waals surface area contributed by atoms with Crippen LogP contribution < -0.4 is 5.32 Å². The van der Waals surface area contributed by atoms with Gasteiger partial charge < -0.3 is 65.1 Å². The van der Waals surface area contributed by atoms with Gasteiger partial charge in [0.25, 0.3) is 0 Å². The van der Waals surface area contributed by atoms with Gasteiger partial charge in [-0.2, -0.15) is 0 Å². The van der Waals surface area contributed by atoms with E-state index in [0.717, 1.165) is 89.9 Å². The first-order valence-electron chi connectivity index (χ1n) is 32.7. The molecule has 2 rings (SSSR count). The molecule has 0 bridgehead atoms. The zero-order valence-electron chi connectivity index (χ0n) is 50.8. The summed E-state index contributed by atoms with van der Waals surface area (Å²) < 4.78 is 22.8. The first-order valence-corrected chi connectivity index (χ1v) is 32.7. The quantitative estimate of drug-likeness (QED) is 0.0204. The highest BCUT2D eigenvalue weighted by molar-refractivity contribution is 5.76. The van der Waals surface area contributed by atoms with Crippen molar-refractivity contribution in [1.82, 2.24) is 5.32 Å². The summed E-state index contributed by atoms with van der Waals surface area (Å²) in [4.78, 5) is 13.2. The van der Waals surface area contributed by atoms with E-state index in [4.69, 9.17) is 18.9 Å². The molecule has 0 radical (unpaired) electrons. The summed E-state index contributed by atoms with van der Waals surface area (Å²) >= 11 is 0. The molecular formula is C67H119NO13. The van der Waals surface area contributed by atoms with Crippen molar-refractivity contribution >= 4 is 5.91 Å². The average molecular weight is 1150 g/mol. The third-order valence-electron chi connectivity index (χ3n) is 15.7. The molecular weight excluding hydrogens is 1030 g/mol. The molecule has 0 aliphatic carbocycles. The summed E-state index contributed by atoms with van der Waals surface area (Å²) in [6.07, 6.45) is 52.5. The zero-order chi connectivity index (χ0) is 58.8. The molecule has 1 amide bonds. The van der Waals surface area contributed by atoms with Crippen LogP contribution in [0.4, 0.5) is 0 Å². The van der Waals surface area contributed by atoms with Crippen LogP contribution in [-0.4, -0.2) is 140 Å². The molecule has 9 N–H and O–H groups in total. The maximum absolute atomic E-state index is 13.2. The van der Waals surface area contributed by atoms with Crippen molar-refractivity contribution < 1.29 is 64.6 Å². The third kappa shape index (κ3) is 36.8. The van der Waals surface area contributed by atoms with E-state index in [9.17, 15) is 45.6 Å². The van der Waals surface area contributed by atoms with Gasteiger partial charge in [0.2, 0.25) is 5.91 Å². The van der Waals surface area contributed by atoms with Crippen LogP contribution in [0.2, 0.25) is 0 Å². The van der Waals surface area contributed by atoms with Crippen LogP contribution in [0.3, 0.4) is 0 Å². The van der Waals surface area contributed by atoms with Gasteiger partial charge in [-0.15, -0.1) is 0 Å². The van der Waals surface area contributed by atoms with E-state index in [1.165, 1.54) is 135 Å². The molecule has 2 saturated heterocycles. The predicted octanol–water partition coefficient (Wildman–Crippen LogP) is 12.3. The van der Waals surface area contributed by atoms with Crippen molar-refractivity contribution in [2.24, 2.45) is 0 Å². The molecule has 0 saturated carbocycles. The third-order valence-corrected chi connectivity index (χ3v) is 15.7. The van der Waals surface area contributed by atoms with Crippen molar-refractivity contribution in [3.63, 3.8) is 0 Å². The van der Waals surface area contributed by atoms with Gasteiger partial charge in [0.05, 0.1) is 32.0 Å². The predicted molar refractivity (Wildman–Crippen MR) is 327 cm³/mol. The van der Waals surface area contributed by atoms with Gasteiger partial charge >= 0.3 is 0 Å². The molecule has 2 fully saturated rings. The van der Waals surface area contributed by atoms with Crippen molar-refractivity contribution in [2.45, 2.75) is 325 Å². The maximum Gasteiger partial charge on any atom is 0.220 e. The van der Waals surface area contributed by atoms with Gasteiger partial charge in [-0.05, 0) is 64.2 Å². The van der Waals surface area contributed by atoms with Crippen molar-refractivity contribution in [1.29, 1.82) is 0 Å². The van der Waals surface area contributed by atoms with E-state index in [1.807, 2.05) is 0 Å². The van der Waals surface area contributed by atoms with Crippen LogP contribution in [0, 0.1) is 0 Å². The Labute approximate surface area is 491 Å². The summed E-state index contributed by atoms with van der Waals surface area (Å²) in [5.41, 5.74) is 0. The number of nitrogens with one attached hydrogen (secondary N) is 1. The number of amides is 1. The molecule has 0 aromatic carbocycles. The topological polar surface area (TPSA) is 228 Å². The molecule has 2 heterocycles. The average Bonchev–Trinajstić information content (AvgIpc) is 3.51. The van der Waals surface area contributed by atoms with Gasteiger partial charge in [-0.25, -0.2) is 0 Å². The number of hydrogen-bond acceptors (Lipinski definition) is 13. The highest BCUT2D eigenvalue weighted by atomic mass is 16.7. The lowest BCUT2D eigenvalue weighted by atomic mass is 9.97. The van der Waals surface area contributed by atoms with Crippen molar-refractivity contribution in [2.75, 3.05) is 19.8 Å². The molecule has 2 aliphatic rings. The lowest BCUT2D eigenvalue weighted by Crippen LogP contribution is -2.65. The number of rotatable bonds is 52. The number of ether oxygens (including phenoxy) is 4. The lowest BCUT2D eigenvalue weighted by Gasteiger charge is -2.46. The summed E-state index contributed by atoms with van der Waals surface area (Å²) in [5.74, 6) is -0.209. The van der Waals surface area contributed by atoms with E-state index >= 15 is 0 Å². The molecule has 14 nitrogen and oxygen atoms in total. The Bertz CT molecular complexity index is 1630. The van der Waals surface area contributed by atoms with Gasteiger partial charge in [0.1, 0.15) is 48.8 Å². The van der Waals surface area contributed by atoms with Crippen LogP contribution in [-0.2, 0) is 23.7 Å². The molecule has 0 spiro atoms. The summed E-state index contributed by atoms with van der Waals surface area (Å²) in [6, 6.07) is -0.827. The Morgan fingerprint density at radius 3 is 1.31 bits per heavy atom. The second-order valence-electron chi connectivity index (χ2n) is 22.9. The number of allylic oxidation sites excluding steroid dienone is 12. The normalized spacial score (nSPS) is 24.6. The van der Waals surface area contributed by atoms with Gasteiger partial charge in [0.15, 0.2) is 12.6 Å². The molecule has 470 valence electrons. The highest BCUT2D eigenvalue weighted by Crippen LogP contribution is 2.30. The van der Waals surface area contributed by atoms with Gasteiger partial charge in [-0.3, -0.25) is 4.79 Å². The molecule has 12 atom stereocenters. The number of unbranched alkanes of at least 4 members (excludes halogenated alkanes) is 27. The van der Waals surface area contributed by atoms with Crippen LogP contribution >= 0.6 is 0 Å². The van der Waals surface area contributed by atoms with Crippen LogP contribution in [0.15, 0.2) is 72.9 Å². The van der Waals surface area contributed by atoms with Crippen molar-refractivity contribution in [3.8, 4) is 0 Å². The molecule has 2 aliphatic heterocycles. The summed E-state index contributed by atoms with van der Waals surface area (Å²) in [7, 11) is 0. The minimum Gasteiger partial charge on any atom is -0.394 e. The second kappa shape index (κ2) is 51.8. The number of aliphatic hydroxyl groups excluding tert-OH is 8. The van der Waals surface area contributed by atoms with E-state index < -0.39 is 86.8 Å². The van der Waals surface area contributed by atoms with E-state index in [2.05, 4.69) is 92.1 Å². The molecule has 12 unspecified atom stereocenters. The number of aliphatic hydroxyl groups is 8. The fourth-order valence-corrected chi connectivity index (χ4v) is 10.5. The monoisotopic (exact) mass is 1150 g/mol. The number of hydrogen-bond donors (Lipinski definition) is 9. The molecule has 0 aromatic heterocycles. The SMILES string of the molecule is CC/C=C\C/C=C\C/C=C\C/C=C\C/C=C\C/C=C\CCCCCCCCCCCCCCCCCCCCCCC(=O)NC(COC1OC(CO)C(OC2OC(CO)C(O)C(O)C2O)C(O)C1O)C(O)CCCCCCCCCC. The zero-order valence-corrected chi connectivity index (χ0v) is 50.8. The molecule has 14 heteroatoms. The van der Waals surface area contributed by atoms with E-state index in [0.29, 0.717) is 12.8 Å². The number of carbonyl (C=O) groups is 1. The van der Waals surface area contributed by atoms with Gasteiger partial charge in [0, 0.05) is 6.42 Å².